The second kappa shape index (κ2) is 7.63. The summed E-state index contributed by atoms with van der Waals surface area (Å²) in [5, 5.41) is 18.5. The maximum absolute atomic E-state index is 10.6. The third-order valence-electron chi connectivity index (χ3n) is 3.10. The zero-order valence-electron chi connectivity index (χ0n) is 10.6. The Balaban J connectivity index is 0.00000106. The van der Waals surface area contributed by atoms with Crippen molar-refractivity contribution in [1.82, 2.24) is 0 Å². The van der Waals surface area contributed by atoms with Crippen LogP contribution in [0, 0.1) is 17.8 Å². The highest BCUT2D eigenvalue weighted by Crippen LogP contribution is 2.38. The first-order valence-electron chi connectivity index (χ1n) is 5.95. The van der Waals surface area contributed by atoms with Gasteiger partial charge in [0.2, 0.25) is 0 Å². The molecule has 1 aliphatic rings. The van der Waals surface area contributed by atoms with Crippen LogP contribution in [0.15, 0.2) is 0 Å². The minimum atomic E-state index is -0.794. The summed E-state index contributed by atoms with van der Waals surface area (Å²) in [7, 11) is 1.58. The summed E-state index contributed by atoms with van der Waals surface area (Å²) < 4.78 is 5.00. The van der Waals surface area contributed by atoms with Gasteiger partial charge in [-0.25, -0.2) is 0 Å². The summed E-state index contributed by atoms with van der Waals surface area (Å²) in [6.45, 7) is 6.40. The van der Waals surface area contributed by atoms with E-state index in [1.54, 1.807) is 7.11 Å². The molecule has 1 fully saturated rings. The van der Waals surface area contributed by atoms with Gasteiger partial charge in [-0.3, -0.25) is 4.79 Å². The third kappa shape index (κ3) is 4.10. The molecule has 96 valence electrons. The SMILES string of the molecule is CC.COCC1[C@@H](CC(=O)O)CC(C)[C@H]1O. The Morgan fingerprint density at radius 2 is 2.00 bits per heavy atom. The second-order valence-electron chi connectivity index (χ2n) is 4.18. The lowest BCUT2D eigenvalue weighted by Crippen LogP contribution is -2.27. The predicted octanol–water partition coefficient (Wildman–Crippen LogP) is 1.77. The highest BCUT2D eigenvalue weighted by molar-refractivity contribution is 5.67. The molecular weight excluding hydrogens is 208 g/mol. The van der Waals surface area contributed by atoms with Gasteiger partial charge in [-0.15, -0.1) is 0 Å². The molecule has 1 rings (SSSR count). The molecule has 0 aromatic rings. The van der Waals surface area contributed by atoms with Gasteiger partial charge in [0.15, 0.2) is 0 Å². The van der Waals surface area contributed by atoms with E-state index in [1.807, 2.05) is 20.8 Å². The number of carboxylic acids is 1. The molecule has 0 aromatic heterocycles. The van der Waals surface area contributed by atoms with Crippen LogP contribution in [0.25, 0.3) is 0 Å². The fourth-order valence-corrected chi connectivity index (χ4v) is 2.38. The molecule has 1 saturated carbocycles. The lowest BCUT2D eigenvalue weighted by molar-refractivity contribution is -0.138. The van der Waals surface area contributed by atoms with E-state index in [9.17, 15) is 9.90 Å². The van der Waals surface area contributed by atoms with Crippen molar-refractivity contribution in [3.8, 4) is 0 Å². The van der Waals surface area contributed by atoms with Crippen LogP contribution < -0.4 is 0 Å². The Labute approximate surface area is 97.6 Å². The number of hydrogen-bond donors (Lipinski definition) is 2. The standard InChI is InChI=1S/C10H18O4.C2H6/c1-6-3-7(4-9(11)12)8(5-14-2)10(6)13;1-2/h6-8,10,13H,3-5H2,1-2H3,(H,11,12);1-2H3/t6?,7-,8?,10-;/m1./s1. The fraction of sp³-hybridized carbons (Fsp3) is 0.917. The van der Waals surface area contributed by atoms with E-state index in [2.05, 4.69) is 0 Å². The predicted molar refractivity (Wildman–Crippen MR) is 62.2 cm³/mol. The van der Waals surface area contributed by atoms with Crippen molar-refractivity contribution in [2.75, 3.05) is 13.7 Å². The monoisotopic (exact) mass is 232 g/mol. The average molecular weight is 232 g/mol. The molecule has 0 aromatic carbocycles. The molecule has 2 N–H and O–H groups in total. The smallest absolute Gasteiger partial charge is 0.303 e. The van der Waals surface area contributed by atoms with Gasteiger partial charge in [0.25, 0.3) is 0 Å². The summed E-state index contributed by atoms with van der Waals surface area (Å²) in [5.41, 5.74) is 0. The molecule has 1 aliphatic carbocycles. The van der Waals surface area contributed by atoms with Crippen LogP contribution in [-0.4, -0.2) is 36.0 Å². The van der Waals surface area contributed by atoms with Crippen molar-refractivity contribution in [3.63, 3.8) is 0 Å². The number of carboxylic acid groups (broad SMARTS) is 1. The Morgan fingerprint density at radius 3 is 2.44 bits per heavy atom. The van der Waals surface area contributed by atoms with Crippen molar-refractivity contribution < 1.29 is 19.7 Å². The van der Waals surface area contributed by atoms with E-state index >= 15 is 0 Å². The zero-order valence-corrected chi connectivity index (χ0v) is 10.6. The summed E-state index contributed by atoms with van der Waals surface area (Å²) >= 11 is 0. The molecule has 4 heteroatoms. The van der Waals surface area contributed by atoms with Crippen molar-refractivity contribution in [3.05, 3.63) is 0 Å². The van der Waals surface area contributed by atoms with Gasteiger partial charge in [-0.1, -0.05) is 20.8 Å². The van der Waals surface area contributed by atoms with Crippen LogP contribution in [0.2, 0.25) is 0 Å². The maximum atomic E-state index is 10.6. The summed E-state index contributed by atoms with van der Waals surface area (Å²) in [6.07, 6.45) is 0.496. The van der Waals surface area contributed by atoms with Gasteiger partial charge >= 0.3 is 5.97 Å². The molecular formula is C12H24O4. The van der Waals surface area contributed by atoms with Crippen molar-refractivity contribution in [2.45, 2.75) is 39.7 Å². The van der Waals surface area contributed by atoms with E-state index in [1.165, 1.54) is 0 Å². The minimum absolute atomic E-state index is 0.0221. The minimum Gasteiger partial charge on any atom is -0.481 e. The van der Waals surface area contributed by atoms with Gasteiger partial charge < -0.3 is 14.9 Å². The van der Waals surface area contributed by atoms with Crippen LogP contribution in [0.5, 0.6) is 0 Å². The highest BCUT2D eigenvalue weighted by atomic mass is 16.5. The van der Waals surface area contributed by atoms with Crippen LogP contribution in [0.3, 0.4) is 0 Å². The lowest BCUT2D eigenvalue weighted by atomic mass is 9.93. The molecule has 0 aliphatic heterocycles. The number of aliphatic hydroxyl groups is 1. The molecule has 0 amide bonds. The van der Waals surface area contributed by atoms with Crippen molar-refractivity contribution in [1.29, 1.82) is 0 Å². The zero-order chi connectivity index (χ0) is 12.7. The molecule has 0 bridgehead atoms. The first-order valence-corrected chi connectivity index (χ1v) is 5.95. The molecule has 0 heterocycles. The normalized spacial score (nSPS) is 33.1. The fourth-order valence-electron chi connectivity index (χ4n) is 2.38. The molecule has 4 atom stereocenters. The first kappa shape index (κ1) is 15.4. The van der Waals surface area contributed by atoms with E-state index in [0.29, 0.717) is 6.61 Å². The van der Waals surface area contributed by atoms with Crippen LogP contribution in [0.1, 0.15) is 33.6 Å². The van der Waals surface area contributed by atoms with E-state index in [4.69, 9.17) is 9.84 Å². The maximum Gasteiger partial charge on any atom is 0.303 e. The molecule has 2 unspecified atom stereocenters. The van der Waals surface area contributed by atoms with Crippen LogP contribution >= 0.6 is 0 Å². The Bertz CT molecular complexity index is 205. The van der Waals surface area contributed by atoms with Gasteiger partial charge in [0.1, 0.15) is 0 Å². The Morgan fingerprint density at radius 1 is 1.44 bits per heavy atom. The van der Waals surface area contributed by atoms with E-state index in [-0.39, 0.29) is 24.2 Å². The van der Waals surface area contributed by atoms with E-state index in [0.717, 1.165) is 6.42 Å². The lowest BCUT2D eigenvalue weighted by Gasteiger charge is -2.20. The molecule has 16 heavy (non-hydrogen) atoms. The Kier molecular flexibility index (Phi) is 7.34. The number of aliphatic carboxylic acids is 1. The van der Waals surface area contributed by atoms with Gasteiger partial charge in [-0.05, 0) is 18.3 Å². The van der Waals surface area contributed by atoms with Crippen LogP contribution in [0.4, 0.5) is 0 Å². The summed E-state index contributed by atoms with van der Waals surface area (Å²) in [4.78, 5) is 10.6. The first-order chi connectivity index (χ1) is 7.56. The number of methoxy groups -OCH3 is 1. The summed E-state index contributed by atoms with van der Waals surface area (Å²) in [6, 6.07) is 0. The largest absolute Gasteiger partial charge is 0.481 e. The second-order valence-corrected chi connectivity index (χ2v) is 4.18. The van der Waals surface area contributed by atoms with Crippen molar-refractivity contribution >= 4 is 5.97 Å². The number of ether oxygens (including phenoxy) is 1. The topological polar surface area (TPSA) is 66.8 Å². The number of rotatable bonds is 4. The number of aliphatic hydroxyl groups excluding tert-OH is 1. The molecule has 0 spiro atoms. The highest BCUT2D eigenvalue weighted by Gasteiger charge is 2.40. The van der Waals surface area contributed by atoms with Crippen LogP contribution in [-0.2, 0) is 9.53 Å². The molecule has 4 nitrogen and oxygen atoms in total. The van der Waals surface area contributed by atoms with E-state index < -0.39 is 12.1 Å². The Hall–Kier alpha value is -0.610. The third-order valence-corrected chi connectivity index (χ3v) is 3.10. The summed E-state index contributed by atoms with van der Waals surface area (Å²) in [5.74, 6) is -0.583. The van der Waals surface area contributed by atoms with Gasteiger partial charge in [0, 0.05) is 19.4 Å². The number of hydrogen-bond acceptors (Lipinski definition) is 3. The molecule has 0 saturated heterocycles. The number of carbonyl (C=O) groups is 1. The average Bonchev–Trinajstić information content (AvgIpc) is 2.49. The van der Waals surface area contributed by atoms with Gasteiger partial charge in [-0.2, -0.15) is 0 Å². The van der Waals surface area contributed by atoms with Gasteiger partial charge in [0.05, 0.1) is 12.7 Å². The van der Waals surface area contributed by atoms with Crippen molar-refractivity contribution in [2.24, 2.45) is 17.8 Å². The molecule has 0 radical (unpaired) electrons. The quantitative estimate of drug-likeness (QED) is 0.775.